The van der Waals surface area contributed by atoms with Gasteiger partial charge in [0.15, 0.2) is 0 Å². The molecule has 1 spiro atoms. The van der Waals surface area contributed by atoms with Gasteiger partial charge in [-0.25, -0.2) is 0 Å². The van der Waals surface area contributed by atoms with Crippen LogP contribution in [0.4, 0.5) is 11.4 Å². The zero-order chi connectivity index (χ0) is 16.0. The van der Waals surface area contributed by atoms with Crippen molar-refractivity contribution in [2.24, 2.45) is 0 Å². The molecule has 0 unspecified atom stereocenters. The lowest BCUT2D eigenvalue weighted by Crippen LogP contribution is -2.40. The van der Waals surface area contributed by atoms with Crippen molar-refractivity contribution in [2.45, 2.75) is 43.6 Å². The Balaban J connectivity index is 1.66. The third-order valence-corrected chi connectivity index (χ3v) is 5.75. The monoisotopic (exact) mass is 315 g/mol. The highest BCUT2D eigenvalue weighted by Gasteiger charge is 2.52. The predicted molar refractivity (Wildman–Crippen MR) is 91.3 cm³/mol. The minimum atomic E-state index is -0.299. The second kappa shape index (κ2) is 5.41. The van der Waals surface area contributed by atoms with Gasteiger partial charge in [0.1, 0.15) is 11.9 Å². The van der Waals surface area contributed by atoms with Crippen LogP contribution in [-0.4, -0.2) is 44.1 Å². The smallest absolute Gasteiger partial charge is 0.235 e. The van der Waals surface area contributed by atoms with Gasteiger partial charge in [0.25, 0.3) is 0 Å². The number of anilines is 2. The van der Waals surface area contributed by atoms with E-state index in [9.17, 15) is 4.79 Å². The van der Waals surface area contributed by atoms with Gasteiger partial charge in [-0.1, -0.05) is 6.42 Å². The Kier molecular flexibility index (Phi) is 3.48. The summed E-state index contributed by atoms with van der Waals surface area (Å²) in [4.78, 5) is 14.9. The molecule has 0 atom stereocenters. The van der Waals surface area contributed by atoms with E-state index in [-0.39, 0.29) is 17.4 Å². The summed E-state index contributed by atoms with van der Waals surface area (Å²) in [5.41, 5.74) is 2.76. The van der Waals surface area contributed by atoms with Gasteiger partial charge in [-0.05, 0) is 44.4 Å². The molecule has 1 saturated heterocycles. The molecule has 5 nitrogen and oxygen atoms in total. The minimum absolute atomic E-state index is 0.153. The number of rotatable bonds is 3. The first kappa shape index (κ1) is 14.8. The van der Waals surface area contributed by atoms with Gasteiger partial charge in [-0.2, -0.15) is 0 Å². The average molecular weight is 315 g/mol. The first-order chi connectivity index (χ1) is 11.1. The molecule has 2 fully saturated rings. The fraction of sp³-hybridized carbons (Fsp3) is 0.611. The van der Waals surface area contributed by atoms with Crippen LogP contribution in [0.15, 0.2) is 12.1 Å². The van der Waals surface area contributed by atoms with Crippen LogP contribution >= 0.6 is 0 Å². The number of likely N-dealkylation sites (tertiary alicyclic amines) is 1. The molecule has 0 radical (unpaired) electrons. The number of ether oxygens (including phenoxy) is 1. The summed E-state index contributed by atoms with van der Waals surface area (Å²) >= 11 is 0. The van der Waals surface area contributed by atoms with Gasteiger partial charge in [0.05, 0.1) is 11.1 Å². The summed E-state index contributed by atoms with van der Waals surface area (Å²) in [6, 6.07) is 4.14. The average Bonchev–Trinajstić information content (AvgIpc) is 2.81. The van der Waals surface area contributed by atoms with E-state index in [2.05, 4.69) is 28.6 Å². The van der Waals surface area contributed by atoms with Gasteiger partial charge >= 0.3 is 0 Å². The zero-order valence-corrected chi connectivity index (χ0v) is 13.9. The highest BCUT2D eigenvalue weighted by molar-refractivity contribution is 6.08. The Morgan fingerprint density at radius 2 is 2.04 bits per heavy atom. The van der Waals surface area contributed by atoms with Gasteiger partial charge in [0.2, 0.25) is 5.91 Å². The fourth-order valence-electron chi connectivity index (χ4n) is 4.02. The molecule has 2 N–H and O–H groups in total. The number of amides is 1. The van der Waals surface area contributed by atoms with Crippen molar-refractivity contribution in [1.82, 2.24) is 4.90 Å². The molecule has 1 saturated carbocycles. The molecule has 1 amide bonds. The molecule has 124 valence electrons. The Bertz CT molecular complexity index is 631. The first-order valence-corrected chi connectivity index (χ1v) is 8.65. The summed E-state index contributed by atoms with van der Waals surface area (Å²) in [7, 11) is 4.06. The zero-order valence-electron chi connectivity index (χ0n) is 13.9. The molecular formula is C18H25N3O2. The number of piperidine rings is 1. The quantitative estimate of drug-likeness (QED) is 0.900. The van der Waals surface area contributed by atoms with Crippen molar-refractivity contribution in [3.63, 3.8) is 0 Å². The highest BCUT2D eigenvalue weighted by atomic mass is 16.5. The van der Waals surface area contributed by atoms with Gasteiger partial charge in [-0.15, -0.1) is 0 Å². The van der Waals surface area contributed by atoms with Crippen LogP contribution in [-0.2, 0) is 10.2 Å². The first-order valence-electron chi connectivity index (χ1n) is 8.65. The standard InChI is InChI=1S/C18H25N3O2/c1-19-12-10-14-16(20-17(22)18(14)6-3-7-18)15(11-12)23-13-4-8-21(2)9-5-13/h10-11,13,19H,3-9H2,1-2H3,(H,20,22). The number of hydrogen-bond acceptors (Lipinski definition) is 4. The van der Waals surface area contributed by atoms with Crippen LogP contribution in [0.2, 0.25) is 0 Å². The van der Waals surface area contributed by atoms with E-state index in [4.69, 9.17) is 4.74 Å². The molecule has 0 aromatic heterocycles. The summed E-state index contributed by atoms with van der Waals surface area (Å²) in [6.45, 7) is 2.13. The molecule has 1 aromatic rings. The topological polar surface area (TPSA) is 53.6 Å². The molecular weight excluding hydrogens is 290 g/mol. The number of nitrogens with zero attached hydrogens (tertiary/aromatic N) is 1. The van der Waals surface area contributed by atoms with Crippen molar-refractivity contribution < 1.29 is 9.53 Å². The predicted octanol–water partition coefficient (Wildman–Crippen LogP) is 2.58. The summed E-state index contributed by atoms with van der Waals surface area (Å²) in [6.07, 6.45) is 5.33. The van der Waals surface area contributed by atoms with E-state index in [1.54, 1.807) is 0 Å². The van der Waals surface area contributed by atoms with Crippen molar-refractivity contribution >= 4 is 17.3 Å². The third-order valence-electron chi connectivity index (χ3n) is 5.75. The number of carbonyl (C=O) groups excluding carboxylic acids is 1. The van der Waals surface area contributed by atoms with Crippen LogP contribution in [0.1, 0.15) is 37.7 Å². The summed E-state index contributed by atoms with van der Waals surface area (Å²) in [5, 5.41) is 6.32. The molecule has 4 rings (SSSR count). The molecule has 0 bridgehead atoms. The number of hydrogen-bond donors (Lipinski definition) is 2. The molecule has 1 aromatic carbocycles. The lowest BCUT2D eigenvalue weighted by atomic mass is 9.65. The van der Waals surface area contributed by atoms with Crippen molar-refractivity contribution in [2.75, 3.05) is 37.8 Å². The third kappa shape index (κ3) is 2.29. The molecule has 2 aliphatic heterocycles. The van der Waals surface area contributed by atoms with Gasteiger partial charge in [-0.3, -0.25) is 4.79 Å². The fourth-order valence-corrected chi connectivity index (χ4v) is 4.02. The molecule has 5 heteroatoms. The van der Waals surface area contributed by atoms with Crippen LogP contribution in [0.5, 0.6) is 5.75 Å². The number of carbonyl (C=O) groups is 1. The van der Waals surface area contributed by atoms with Crippen LogP contribution in [0.3, 0.4) is 0 Å². The second-order valence-electron chi connectivity index (χ2n) is 7.16. The summed E-state index contributed by atoms with van der Waals surface area (Å²) < 4.78 is 6.32. The Hall–Kier alpha value is -1.75. The van der Waals surface area contributed by atoms with Gasteiger partial charge < -0.3 is 20.3 Å². The van der Waals surface area contributed by atoms with Crippen molar-refractivity contribution in [3.8, 4) is 5.75 Å². The van der Waals surface area contributed by atoms with Crippen molar-refractivity contribution in [1.29, 1.82) is 0 Å². The SMILES string of the molecule is CNc1cc(OC2CCN(C)CC2)c2c(c1)C1(CCC1)C(=O)N2. The normalized spacial score (nSPS) is 23.3. The lowest BCUT2D eigenvalue weighted by Gasteiger charge is -2.36. The van der Waals surface area contributed by atoms with Crippen LogP contribution < -0.4 is 15.4 Å². The highest BCUT2D eigenvalue weighted by Crippen LogP contribution is 2.54. The van der Waals surface area contributed by atoms with Crippen molar-refractivity contribution in [3.05, 3.63) is 17.7 Å². The maximum absolute atomic E-state index is 12.5. The van der Waals surface area contributed by atoms with E-state index >= 15 is 0 Å². The van der Waals surface area contributed by atoms with E-state index in [1.165, 1.54) is 0 Å². The summed E-state index contributed by atoms with van der Waals surface area (Å²) in [5.74, 6) is 0.985. The number of benzene rings is 1. The maximum Gasteiger partial charge on any atom is 0.235 e. The molecule has 3 aliphatic rings. The Morgan fingerprint density at radius 1 is 1.30 bits per heavy atom. The largest absolute Gasteiger partial charge is 0.488 e. The minimum Gasteiger partial charge on any atom is -0.488 e. The van der Waals surface area contributed by atoms with Crippen LogP contribution in [0.25, 0.3) is 0 Å². The number of fused-ring (bicyclic) bond motifs is 2. The van der Waals surface area contributed by atoms with Gasteiger partial charge in [0, 0.05) is 31.9 Å². The Labute approximate surface area is 137 Å². The van der Waals surface area contributed by atoms with E-state index in [0.717, 1.165) is 67.9 Å². The maximum atomic E-state index is 12.5. The van der Waals surface area contributed by atoms with E-state index < -0.39 is 0 Å². The number of nitrogens with one attached hydrogen (secondary N) is 2. The van der Waals surface area contributed by atoms with E-state index in [1.807, 2.05) is 13.1 Å². The molecule has 1 aliphatic carbocycles. The van der Waals surface area contributed by atoms with E-state index in [0.29, 0.717) is 0 Å². The molecule has 23 heavy (non-hydrogen) atoms. The second-order valence-corrected chi connectivity index (χ2v) is 7.16. The lowest BCUT2D eigenvalue weighted by molar-refractivity contribution is -0.123. The van der Waals surface area contributed by atoms with Crippen LogP contribution in [0, 0.1) is 0 Å². The Morgan fingerprint density at radius 3 is 2.65 bits per heavy atom. The molecule has 2 heterocycles.